The Labute approximate surface area is 148 Å². The van der Waals surface area contributed by atoms with Gasteiger partial charge in [-0.2, -0.15) is 0 Å². The molecule has 2 rings (SSSR count). The molecule has 0 radical (unpaired) electrons. The van der Waals surface area contributed by atoms with E-state index in [0.717, 1.165) is 12.0 Å². The van der Waals surface area contributed by atoms with Crippen molar-refractivity contribution in [3.05, 3.63) is 23.9 Å². The van der Waals surface area contributed by atoms with Crippen LogP contribution in [-0.4, -0.2) is 46.2 Å². The molecule has 2 heterocycles. The number of nitrogens with zero attached hydrogens (tertiary/aromatic N) is 2. The van der Waals surface area contributed by atoms with Gasteiger partial charge >= 0.3 is 12.0 Å². The standard InChI is InChI=1S/C18H27N3O4/c1-4-13(3)25-16-9-14(5-7-19-16)10-20-18(24)21-8-6-15(17(22)23)12(2)11-21/h5,7,9,12-13,15H,4,6,8,10-11H2,1-3H3,(H,20,24)(H,22,23). The molecule has 3 unspecified atom stereocenters. The third-order valence-electron chi connectivity index (χ3n) is 4.65. The van der Waals surface area contributed by atoms with E-state index in [-0.39, 0.29) is 24.0 Å². The van der Waals surface area contributed by atoms with Crippen LogP contribution in [-0.2, 0) is 11.3 Å². The van der Waals surface area contributed by atoms with Crippen LogP contribution in [0.4, 0.5) is 4.79 Å². The van der Waals surface area contributed by atoms with Crippen LogP contribution < -0.4 is 10.1 Å². The van der Waals surface area contributed by atoms with E-state index in [0.29, 0.717) is 31.9 Å². The van der Waals surface area contributed by atoms with Crippen LogP contribution in [0.1, 0.15) is 39.2 Å². The van der Waals surface area contributed by atoms with E-state index in [1.165, 1.54) is 0 Å². The maximum atomic E-state index is 12.3. The van der Waals surface area contributed by atoms with Crippen LogP contribution >= 0.6 is 0 Å². The van der Waals surface area contributed by atoms with Gasteiger partial charge in [0.15, 0.2) is 0 Å². The number of likely N-dealkylation sites (tertiary alicyclic amines) is 1. The maximum Gasteiger partial charge on any atom is 0.317 e. The molecule has 1 saturated heterocycles. The lowest BCUT2D eigenvalue weighted by Gasteiger charge is -2.34. The lowest BCUT2D eigenvalue weighted by atomic mass is 9.87. The van der Waals surface area contributed by atoms with E-state index in [1.807, 2.05) is 32.9 Å². The molecular weight excluding hydrogens is 322 g/mol. The van der Waals surface area contributed by atoms with Crippen molar-refractivity contribution < 1.29 is 19.4 Å². The molecule has 1 fully saturated rings. The monoisotopic (exact) mass is 349 g/mol. The number of carbonyl (C=O) groups excluding carboxylic acids is 1. The van der Waals surface area contributed by atoms with Crippen molar-refractivity contribution >= 4 is 12.0 Å². The highest BCUT2D eigenvalue weighted by Gasteiger charge is 2.32. The molecule has 3 atom stereocenters. The molecule has 0 spiro atoms. The minimum Gasteiger partial charge on any atom is -0.481 e. The number of hydrogen-bond donors (Lipinski definition) is 2. The highest BCUT2D eigenvalue weighted by atomic mass is 16.5. The minimum atomic E-state index is -0.779. The molecule has 7 heteroatoms. The number of aromatic nitrogens is 1. The zero-order valence-electron chi connectivity index (χ0n) is 15.1. The topological polar surface area (TPSA) is 91.8 Å². The Hall–Kier alpha value is -2.31. The third-order valence-corrected chi connectivity index (χ3v) is 4.65. The Morgan fingerprint density at radius 2 is 2.28 bits per heavy atom. The van der Waals surface area contributed by atoms with E-state index < -0.39 is 5.97 Å². The molecule has 0 aromatic carbocycles. The summed E-state index contributed by atoms with van der Waals surface area (Å²) in [5.41, 5.74) is 0.912. The predicted molar refractivity (Wildman–Crippen MR) is 93.3 cm³/mol. The highest BCUT2D eigenvalue weighted by Crippen LogP contribution is 2.23. The molecule has 1 aromatic rings. The summed E-state index contributed by atoms with van der Waals surface area (Å²) in [7, 11) is 0. The molecule has 0 aliphatic carbocycles. The van der Waals surface area contributed by atoms with Crippen molar-refractivity contribution in [1.29, 1.82) is 0 Å². The van der Waals surface area contributed by atoms with Crippen molar-refractivity contribution in [1.82, 2.24) is 15.2 Å². The summed E-state index contributed by atoms with van der Waals surface area (Å²) >= 11 is 0. The van der Waals surface area contributed by atoms with E-state index >= 15 is 0 Å². The Morgan fingerprint density at radius 1 is 1.52 bits per heavy atom. The number of amides is 2. The number of pyridine rings is 1. The largest absolute Gasteiger partial charge is 0.481 e. The number of carboxylic acids is 1. The Balaban J connectivity index is 1.86. The van der Waals surface area contributed by atoms with Crippen molar-refractivity contribution in [2.45, 2.75) is 46.3 Å². The van der Waals surface area contributed by atoms with Crippen molar-refractivity contribution in [3.63, 3.8) is 0 Å². The molecule has 0 bridgehead atoms. The van der Waals surface area contributed by atoms with Gasteiger partial charge in [0.2, 0.25) is 5.88 Å². The molecule has 1 aliphatic rings. The molecule has 1 aromatic heterocycles. The van der Waals surface area contributed by atoms with Crippen LogP contribution in [0.25, 0.3) is 0 Å². The molecule has 0 saturated carbocycles. The first kappa shape index (κ1) is 19.0. The van der Waals surface area contributed by atoms with Gasteiger partial charge in [-0.15, -0.1) is 0 Å². The SMILES string of the molecule is CCC(C)Oc1cc(CNC(=O)N2CCC(C(=O)O)C(C)C2)ccn1. The summed E-state index contributed by atoms with van der Waals surface area (Å²) in [4.78, 5) is 29.3. The van der Waals surface area contributed by atoms with Crippen molar-refractivity contribution in [2.24, 2.45) is 11.8 Å². The summed E-state index contributed by atoms with van der Waals surface area (Å²) < 4.78 is 5.69. The van der Waals surface area contributed by atoms with Crippen LogP contribution in [0.15, 0.2) is 18.3 Å². The van der Waals surface area contributed by atoms with Gasteiger partial charge in [-0.05, 0) is 37.3 Å². The first-order valence-electron chi connectivity index (χ1n) is 8.77. The number of urea groups is 1. The molecule has 138 valence electrons. The molecule has 2 amide bonds. The van der Waals surface area contributed by atoms with Crippen LogP contribution in [0, 0.1) is 11.8 Å². The first-order valence-corrected chi connectivity index (χ1v) is 8.77. The lowest BCUT2D eigenvalue weighted by Crippen LogP contribution is -2.48. The number of aliphatic carboxylic acids is 1. The second kappa shape index (κ2) is 8.69. The lowest BCUT2D eigenvalue weighted by molar-refractivity contribution is -0.145. The van der Waals surface area contributed by atoms with E-state index in [1.54, 1.807) is 11.1 Å². The Kier molecular flexibility index (Phi) is 6.61. The zero-order chi connectivity index (χ0) is 18.4. The summed E-state index contributed by atoms with van der Waals surface area (Å²) in [5, 5.41) is 12.0. The summed E-state index contributed by atoms with van der Waals surface area (Å²) in [6.45, 7) is 7.21. The number of nitrogens with one attached hydrogen (secondary N) is 1. The number of rotatable bonds is 6. The summed E-state index contributed by atoms with van der Waals surface area (Å²) in [6.07, 6.45) is 3.15. The fraction of sp³-hybridized carbons (Fsp3) is 0.611. The van der Waals surface area contributed by atoms with Crippen molar-refractivity contribution in [2.75, 3.05) is 13.1 Å². The number of piperidine rings is 1. The first-order chi connectivity index (χ1) is 11.9. The maximum absolute atomic E-state index is 12.3. The van der Waals surface area contributed by atoms with Gasteiger partial charge in [0.05, 0.1) is 12.0 Å². The number of hydrogen-bond acceptors (Lipinski definition) is 4. The second-order valence-electron chi connectivity index (χ2n) is 6.65. The summed E-state index contributed by atoms with van der Waals surface area (Å²) in [6, 6.07) is 3.49. The average Bonchev–Trinajstić information content (AvgIpc) is 2.59. The molecule has 1 aliphatic heterocycles. The van der Waals surface area contributed by atoms with Gasteiger partial charge in [-0.1, -0.05) is 13.8 Å². The van der Waals surface area contributed by atoms with Crippen molar-refractivity contribution in [3.8, 4) is 5.88 Å². The highest BCUT2D eigenvalue weighted by molar-refractivity contribution is 5.75. The van der Waals surface area contributed by atoms with E-state index in [9.17, 15) is 9.59 Å². The Bertz CT molecular complexity index is 608. The van der Waals surface area contributed by atoms with E-state index in [4.69, 9.17) is 9.84 Å². The Morgan fingerprint density at radius 3 is 2.92 bits per heavy atom. The van der Waals surface area contributed by atoms with Gasteiger partial charge in [0.1, 0.15) is 0 Å². The quantitative estimate of drug-likeness (QED) is 0.823. The molecule has 7 nitrogen and oxygen atoms in total. The summed E-state index contributed by atoms with van der Waals surface area (Å²) in [5.74, 6) is -0.645. The van der Waals surface area contributed by atoms with Gasteiger partial charge in [-0.25, -0.2) is 9.78 Å². The van der Waals surface area contributed by atoms with Gasteiger partial charge in [-0.3, -0.25) is 4.79 Å². The molecule has 2 N–H and O–H groups in total. The fourth-order valence-corrected chi connectivity index (χ4v) is 2.90. The smallest absolute Gasteiger partial charge is 0.317 e. The van der Waals surface area contributed by atoms with Gasteiger partial charge in [0.25, 0.3) is 0 Å². The van der Waals surface area contributed by atoms with Gasteiger partial charge < -0.3 is 20.1 Å². The van der Waals surface area contributed by atoms with Crippen LogP contribution in [0.2, 0.25) is 0 Å². The van der Waals surface area contributed by atoms with Crippen LogP contribution in [0.5, 0.6) is 5.88 Å². The van der Waals surface area contributed by atoms with Crippen LogP contribution in [0.3, 0.4) is 0 Å². The molecular formula is C18H27N3O4. The number of carbonyl (C=O) groups is 2. The number of carboxylic acid groups (broad SMARTS) is 1. The fourth-order valence-electron chi connectivity index (χ4n) is 2.90. The normalized spacial score (nSPS) is 21.5. The second-order valence-corrected chi connectivity index (χ2v) is 6.65. The molecule has 25 heavy (non-hydrogen) atoms. The van der Waals surface area contributed by atoms with Gasteiger partial charge in [0, 0.05) is 31.9 Å². The predicted octanol–water partition coefficient (Wildman–Crippen LogP) is 2.51. The third kappa shape index (κ3) is 5.34. The average molecular weight is 349 g/mol. The van der Waals surface area contributed by atoms with E-state index in [2.05, 4.69) is 10.3 Å². The zero-order valence-corrected chi connectivity index (χ0v) is 15.1. The number of ether oxygens (including phenoxy) is 1. The minimum absolute atomic E-state index is 0.0477.